The highest BCUT2D eigenvalue weighted by Crippen LogP contribution is 2.56. The summed E-state index contributed by atoms with van der Waals surface area (Å²) in [5.74, 6) is -0.216. The third-order valence-electron chi connectivity index (χ3n) is 6.95. The molecule has 4 nitrogen and oxygen atoms in total. The van der Waals surface area contributed by atoms with Crippen LogP contribution in [0.3, 0.4) is 0 Å². The summed E-state index contributed by atoms with van der Waals surface area (Å²) in [6.07, 6.45) is 2.55. The molecule has 0 bridgehead atoms. The molecule has 3 unspecified atom stereocenters. The highest BCUT2D eigenvalue weighted by atomic mass is 79.9. The third kappa shape index (κ3) is 3.42. The van der Waals surface area contributed by atoms with Crippen LogP contribution in [0.2, 0.25) is 5.02 Å². The van der Waals surface area contributed by atoms with Gasteiger partial charge in [-0.2, -0.15) is 0 Å². The average Bonchev–Trinajstić information content (AvgIpc) is 3.47. The molecule has 3 aromatic carbocycles. The molecule has 170 valence electrons. The van der Waals surface area contributed by atoms with Crippen LogP contribution in [-0.2, 0) is 11.4 Å². The van der Waals surface area contributed by atoms with Gasteiger partial charge in [-0.25, -0.2) is 5.06 Å². The van der Waals surface area contributed by atoms with E-state index >= 15 is 0 Å². The molecule has 0 radical (unpaired) electrons. The van der Waals surface area contributed by atoms with Crippen LogP contribution in [0.1, 0.15) is 40.0 Å². The number of rotatable bonds is 3. The van der Waals surface area contributed by atoms with Crippen molar-refractivity contribution in [3.8, 4) is 0 Å². The quantitative estimate of drug-likeness (QED) is 0.279. The molecule has 2 aliphatic heterocycles. The van der Waals surface area contributed by atoms with Crippen molar-refractivity contribution in [2.45, 2.75) is 30.5 Å². The average molecular weight is 534 g/mol. The first-order chi connectivity index (χ1) is 16.6. The minimum atomic E-state index is -1.03. The summed E-state index contributed by atoms with van der Waals surface area (Å²) in [7, 11) is 0. The van der Waals surface area contributed by atoms with Crippen LogP contribution < -0.4 is 5.06 Å². The molecule has 0 saturated carbocycles. The number of carbonyl (C=O) groups is 1. The molecule has 0 N–H and O–H groups in total. The number of halogens is 2. The van der Waals surface area contributed by atoms with E-state index in [2.05, 4.69) is 28.1 Å². The lowest BCUT2D eigenvalue weighted by atomic mass is 9.70. The highest BCUT2D eigenvalue weighted by molar-refractivity contribution is 9.10. The summed E-state index contributed by atoms with van der Waals surface area (Å²) in [6.45, 7) is 0.716. The summed E-state index contributed by atoms with van der Waals surface area (Å²) in [5, 5.41) is 2.61. The van der Waals surface area contributed by atoms with E-state index in [4.69, 9.17) is 16.4 Å². The Morgan fingerprint density at radius 2 is 1.59 bits per heavy atom. The summed E-state index contributed by atoms with van der Waals surface area (Å²) in [6, 6.07) is 29.8. The lowest BCUT2D eigenvalue weighted by Gasteiger charge is -2.36. The maximum Gasteiger partial charge on any atom is 0.214 e. The van der Waals surface area contributed by atoms with Gasteiger partial charge in [-0.15, -0.1) is 0 Å². The molecule has 6 rings (SSSR count). The number of anilines is 1. The largest absolute Gasteiger partial charge is 0.345 e. The van der Waals surface area contributed by atoms with Crippen LogP contribution in [-0.4, -0.2) is 16.0 Å². The Morgan fingerprint density at radius 3 is 2.32 bits per heavy atom. The Bertz CT molecular complexity index is 1340. The maximum absolute atomic E-state index is 14.2. The predicted octanol–water partition coefficient (Wildman–Crippen LogP) is 7.21. The van der Waals surface area contributed by atoms with E-state index < -0.39 is 5.60 Å². The summed E-state index contributed by atoms with van der Waals surface area (Å²) >= 11 is 9.81. The van der Waals surface area contributed by atoms with Crippen LogP contribution in [0.15, 0.2) is 102 Å². The number of hydrogen-bond donors (Lipinski definition) is 0. The van der Waals surface area contributed by atoms with Gasteiger partial charge in [-0.1, -0.05) is 70.0 Å². The van der Waals surface area contributed by atoms with Crippen LogP contribution in [0.5, 0.6) is 0 Å². The fourth-order valence-corrected chi connectivity index (χ4v) is 5.78. The second-order valence-electron chi connectivity index (χ2n) is 8.83. The van der Waals surface area contributed by atoms with Gasteiger partial charge in [0.05, 0.1) is 23.3 Å². The van der Waals surface area contributed by atoms with Gasteiger partial charge in [-0.3, -0.25) is 9.63 Å². The molecule has 6 heteroatoms. The van der Waals surface area contributed by atoms with E-state index in [0.29, 0.717) is 23.7 Å². The van der Waals surface area contributed by atoms with Gasteiger partial charge in [-0.05, 0) is 59.7 Å². The zero-order chi connectivity index (χ0) is 23.3. The van der Waals surface area contributed by atoms with E-state index in [-0.39, 0.29) is 17.7 Å². The number of hydrogen-bond acceptors (Lipinski definition) is 3. The summed E-state index contributed by atoms with van der Waals surface area (Å²) in [5.41, 5.74) is 2.69. The molecule has 2 aliphatic rings. The second kappa shape index (κ2) is 8.42. The van der Waals surface area contributed by atoms with Crippen LogP contribution in [0.25, 0.3) is 0 Å². The van der Waals surface area contributed by atoms with E-state index in [9.17, 15) is 4.79 Å². The molecule has 3 heterocycles. The number of fused-ring (bicyclic) bond motifs is 1. The number of carbonyl (C=O) groups excluding carboxylic acids is 1. The monoisotopic (exact) mass is 532 g/mol. The third-order valence-corrected chi connectivity index (χ3v) is 7.73. The smallest absolute Gasteiger partial charge is 0.214 e. The summed E-state index contributed by atoms with van der Waals surface area (Å²) in [4.78, 5) is 21.0. The van der Waals surface area contributed by atoms with Gasteiger partial charge < -0.3 is 4.57 Å². The highest BCUT2D eigenvalue weighted by Gasteiger charge is 2.61. The van der Waals surface area contributed by atoms with Crippen molar-refractivity contribution >= 4 is 39.0 Å². The van der Waals surface area contributed by atoms with Gasteiger partial charge in [0.2, 0.25) is 5.78 Å². The zero-order valence-electron chi connectivity index (χ0n) is 18.3. The van der Waals surface area contributed by atoms with Crippen molar-refractivity contribution in [2.75, 3.05) is 5.06 Å². The molecule has 1 spiro atoms. The predicted molar refractivity (Wildman–Crippen MR) is 137 cm³/mol. The number of aromatic nitrogens is 1. The Balaban J connectivity index is 1.59. The standard InChI is InChI=1S/C28H22BrClN2O2/c29-21-12-8-20(9-13-21)26-25(19-10-14-22(30)15-11-19)28(34-32(26)23-5-2-1-3-6-23)16-18-31-17-4-7-24(31)27(28)33/h1-15,17,25-26H,16,18H2. The lowest BCUT2D eigenvalue weighted by molar-refractivity contribution is -0.0195. The summed E-state index contributed by atoms with van der Waals surface area (Å²) < 4.78 is 3.03. The van der Waals surface area contributed by atoms with E-state index in [0.717, 1.165) is 21.3 Å². The number of Topliss-reactive ketones (excluding diaryl/α,β-unsaturated/α-hetero) is 1. The van der Waals surface area contributed by atoms with Crippen molar-refractivity contribution in [2.24, 2.45) is 0 Å². The van der Waals surface area contributed by atoms with Crippen LogP contribution in [0, 0.1) is 0 Å². The number of nitrogens with zero attached hydrogens (tertiary/aromatic N) is 2. The number of hydroxylamine groups is 1. The van der Waals surface area contributed by atoms with Crippen molar-refractivity contribution in [1.29, 1.82) is 0 Å². The van der Waals surface area contributed by atoms with Gasteiger partial charge in [0, 0.05) is 28.7 Å². The molecule has 4 aromatic rings. The first-order valence-corrected chi connectivity index (χ1v) is 12.5. The topological polar surface area (TPSA) is 34.5 Å². The lowest BCUT2D eigenvalue weighted by Crippen LogP contribution is -2.48. The van der Waals surface area contributed by atoms with E-state index in [1.165, 1.54) is 0 Å². The molecule has 3 atom stereocenters. The Hall–Kier alpha value is -2.86. The van der Waals surface area contributed by atoms with Gasteiger partial charge >= 0.3 is 0 Å². The van der Waals surface area contributed by atoms with E-state index in [1.807, 2.05) is 94.7 Å². The first kappa shape index (κ1) is 21.7. The molecular weight excluding hydrogens is 512 g/mol. The molecule has 1 aromatic heterocycles. The van der Waals surface area contributed by atoms with Gasteiger partial charge in [0.1, 0.15) is 0 Å². The normalized spacial score (nSPS) is 23.9. The van der Waals surface area contributed by atoms with Crippen LogP contribution >= 0.6 is 27.5 Å². The second-order valence-corrected chi connectivity index (χ2v) is 10.2. The first-order valence-electron chi connectivity index (χ1n) is 11.3. The Morgan fingerprint density at radius 1 is 0.882 bits per heavy atom. The SMILES string of the molecule is O=C1c2cccn2CCC12ON(c1ccccc1)C(c1ccc(Br)cc1)C2c1ccc(Cl)cc1. The molecule has 34 heavy (non-hydrogen) atoms. The van der Waals surface area contributed by atoms with Crippen molar-refractivity contribution < 1.29 is 9.63 Å². The van der Waals surface area contributed by atoms with Crippen molar-refractivity contribution in [1.82, 2.24) is 4.57 Å². The molecule has 0 amide bonds. The van der Waals surface area contributed by atoms with Crippen molar-refractivity contribution in [3.63, 3.8) is 0 Å². The fourth-order valence-electron chi connectivity index (χ4n) is 5.39. The maximum atomic E-state index is 14.2. The number of benzene rings is 3. The van der Waals surface area contributed by atoms with Gasteiger partial charge in [0.15, 0.2) is 5.60 Å². The number of para-hydroxylation sites is 1. The molecule has 1 fully saturated rings. The number of aryl methyl sites for hydroxylation is 1. The van der Waals surface area contributed by atoms with E-state index in [1.54, 1.807) is 0 Å². The van der Waals surface area contributed by atoms with Crippen LogP contribution in [0.4, 0.5) is 5.69 Å². The Labute approximate surface area is 211 Å². The molecule has 0 aliphatic carbocycles. The fraction of sp³-hybridized carbons (Fsp3) is 0.179. The zero-order valence-corrected chi connectivity index (χ0v) is 20.6. The molecular formula is C28H22BrClN2O2. The van der Waals surface area contributed by atoms with Gasteiger partial charge in [0.25, 0.3) is 0 Å². The number of ketones is 1. The Kier molecular flexibility index (Phi) is 5.36. The van der Waals surface area contributed by atoms with Crippen molar-refractivity contribution in [3.05, 3.63) is 124 Å². The minimum absolute atomic E-state index is 0.0178. The molecule has 1 saturated heterocycles. The minimum Gasteiger partial charge on any atom is -0.345 e.